The highest BCUT2D eigenvalue weighted by molar-refractivity contribution is 5.79. The minimum Gasteiger partial charge on any atom is -0.377 e. The van der Waals surface area contributed by atoms with Crippen LogP contribution in [0.1, 0.15) is 65.2 Å². The van der Waals surface area contributed by atoms with Gasteiger partial charge in [0.05, 0.1) is 0 Å². The maximum Gasteiger partial charge on any atom is 0.133 e. The molecular formula is C21H30O2. The number of ketones is 1. The van der Waals surface area contributed by atoms with Gasteiger partial charge in [-0.05, 0) is 74.0 Å². The number of carbonyl (C=O) groups is 1. The van der Waals surface area contributed by atoms with E-state index in [2.05, 4.69) is 19.8 Å². The molecule has 4 aliphatic carbocycles. The van der Waals surface area contributed by atoms with Gasteiger partial charge in [-0.25, -0.2) is 0 Å². The lowest BCUT2D eigenvalue weighted by atomic mass is 9.47. The van der Waals surface area contributed by atoms with E-state index in [9.17, 15) is 9.90 Å². The molecule has 4 saturated carbocycles. The van der Waals surface area contributed by atoms with E-state index in [1.165, 1.54) is 12.8 Å². The fourth-order valence-electron chi connectivity index (χ4n) is 7.36. The Balaban J connectivity index is 1.66. The van der Waals surface area contributed by atoms with Gasteiger partial charge in [0, 0.05) is 18.3 Å². The molecule has 0 aromatic heterocycles. The second-order valence-electron chi connectivity index (χ2n) is 9.27. The second-order valence-corrected chi connectivity index (χ2v) is 9.27. The van der Waals surface area contributed by atoms with Crippen molar-refractivity contribution >= 4 is 5.78 Å². The first kappa shape index (κ1) is 15.7. The van der Waals surface area contributed by atoms with E-state index in [0.29, 0.717) is 29.5 Å². The first-order valence-corrected chi connectivity index (χ1v) is 9.61. The highest BCUT2D eigenvalue weighted by Gasteiger charge is 2.63. The molecule has 0 amide bonds. The normalized spacial score (nSPS) is 55.5. The highest BCUT2D eigenvalue weighted by Crippen LogP contribution is 2.66. The predicted octanol–water partition coefficient (Wildman–Crippen LogP) is 3.82. The molecule has 0 saturated heterocycles. The van der Waals surface area contributed by atoms with Crippen LogP contribution in [0.3, 0.4) is 0 Å². The second kappa shape index (κ2) is 5.09. The Labute approximate surface area is 140 Å². The molecule has 23 heavy (non-hydrogen) atoms. The molecule has 2 nitrogen and oxygen atoms in total. The number of carbonyl (C=O) groups excluding carboxylic acids is 1. The van der Waals surface area contributed by atoms with Gasteiger partial charge in [-0.15, -0.1) is 6.42 Å². The number of aliphatic hydroxyl groups is 1. The maximum absolute atomic E-state index is 11.9. The first-order chi connectivity index (χ1) is 10.9. The lowest BCUT2D eigenvalue weighted by Gasteiger charge is -2.58. The third kappa shape index (κ3) is 2.02. The number of Topliss-reactive ketones (excluding diaryl/α,β-unsaturated/α-hetero) is 1. The Morgan fingerprint density at radius 1 is 1.22 bits per heavy atom. The molecule has 5 unspecified atom stereocenters. The van der Waals surface area contributed by atoms with Gasteiger partial charge in [-0.1, -0.05) is 19.8 Å². The van der Waals surface area contributed by atoms with Gasteiger partial charge in [0.15, 0.2) is 0 Å². The summed E-state index contributed by atoms with van der Waals surface area (Å²) in [6.07, 6.45) is 13.8. The van der Waals surface area contributed by atoms with Gasteiger partial charge in [0.2, 0.25) is 0 Å². The average Bonchev–Trinajstić information content (AvgIpc) is 2.79. The van der Waals surface area contributed by atoms with Gasteiger partial charge in [0.1, 0.15) is 11.4 Å². The summed E-state index contributed by atoms with van der Waals surface area (Å²) < 4.78 is 0. The zero-order chi connectivity index (χ0) is 16.4. The van der Waals surface area contributed by atoms with Crippen molar-refractivity contribution in [3.63, 3.8) is 0 Å². The molecule has 2 heteroatoms. The average molecular weight is 314 g/mol. The number of fused-ring (bicyclic) bond motifs is 5. The van der Waals surface area contributed by atoms with Crippen LogP contribution in [-0.2, 0) is 4.79 Å². The van der Waals surface area contributed by atoms with Crippen LogP contribution in [0.15, 0.2) is 0 Å². The molecule has 1 N–H and O–H groups in total. The Morgan fingerprint density at radius 2 is 2.00 bits per heavy atom. The first-order valence-electron chi connectivity index (χ1n) is 9.61. The molecule has 0 aliphatic heterocycles. The van der Waals surface area contributed by atoms with Crippen LogP contribution >= 0.6 is 0 Å². The lowest BCUT2D eigenvalue weighted by molar-refractivity contribution is -0.136. The summed E-state index contributed by atoms with van der Waals surface area (Å²) in [6.45, 7) is 4.65. The smallest absolute Gasteiger partial charge is 0.133 e. The van der Waals surface area contributed by atoms with Crippen molar-refractivity contribution in [2.45, 2.75) is 70.8 Å². The summed E-state index contributed by atoms with van der Waals surface area (Å²) in [5.74, 6) is 7.32. The van der Waals surface area contributed by atoms with E-state index in [1.807, 2.05) is 0 Å². The van der Waals surface area contributed by atoms with E-state index >= 15 is 0 Å². The van der Waals surface area contributed by atoms with Gasteiger partial charge in [0.25, 0.3) is 0 Å². The zero-order valence-electron chi connectivity index (χ0n) is 14.6. The molecule has 4 rings (SSSR count). The van der Waals surface area contributed by atoms with Crippen molar-refractivity contribution < 1.29 is 9.90 Å². The molecule has 0 radical (unpaired) electrons. The van der Waals surface area contributed by atoms with Gasteiger partial charge in [-0.2, -0.15) is 0 Å². The van der Waals surface area contributed by atoms with Crippen molar-refractivity contribution in [2.75, 3.05) is 0 Å². The number of terminal acetylenes is 1. The molecule has 0 heterocycles. The predicted molar refractivity (Wildman–Crippen MR) is 90.4 cm³/mol. The third-order valence-electron chi connectivity index (χ3n) is 8.51. The summed E-state index contributed by atoms with van der Waals surface area (Å²) in [5.41, 5.74) is -1.00. The molecule has 4 fully saturated rings. The topological polar surface area (TPSA) is 37.3 Å². The highest BCUT2D eigenvalue weighted by atomic mass is 16.3. The van der Waals surface area contributed by atoms with Gasteiger partial charge in [-0.3, -0.25) is 4.79 Å². The maximum atomic E-state index is 11.9. The number of rotatable bonds is 0. The van der Waals surface area contributed by atoms with Gasteiger partial charge < -0.3 is 5.11 Å². The van der Waals surface area contributed by atoms with E-state index in [-0.39, 0.29) is 5.41 Å². The zero-order valence-corrected chi connectivity index (χ0v) is 14.6. The van der Waals surface area contributed by atoms with Crippen LogP contribution in [-0.4, -0.2) is 16.5 Å². The van der Waals surface area contributed by atoms with Crippen LogP contribution in [0, 0.1) is 53.3 Å². The van der Waals surface area contributed by atoms with Crippen molar-refractivity contribution in [3.05, 3.63) is 0 Å². The van der Waals surface area contributed by atoms with E-state index in [0.717, 1.165) is 50.4 Å². The van der Waals surface area contributed by atoms with Crippen molar-refractivity contribution in [3.8, 4) is 12.3 Å². The molecule has 0 spiro atoms. The number of hydrogen-bond acceptors (Lipinski definition) is 2. The quantitative estimate of drug-likeness (QED) is 0.690. The monoisotopic (exact) mass is 314 g/mol. The van der Waals surface area contributed by atoms with E-state index < -0.39 is 5.60 Å². The SMILES string of the molecule is C#C[C@]1(O)CCC2C3C(CC[C@@]21C)C1CCC(=O)CC1C[C@H]3C. The van der Waals surface area contributed by atoms with Crippen molar-refractivity contribution in [1.82, 2.24) is 0 Å². The van der Waals surface area contributed by atoms with Crippen LogP contribution in [0.25, 0.3) is 0 Å². The van der Waals surface area contributed by atoms with E-state index in [1.54, 1.807) is 0 Å². The largest absolute Gasteiger partial charge is 0.377 e. The van der Waals surface area contributed by atoms with Crippen molar-refractivity contribution in [1.29, 1.82) is 0 Å². The fraction of sp³-hybridized carbons (Fsp3) is 0.857. The molecule has 0 bridgehead atoms. The summed E-state index contributed by atoms with van der Waals surface area (Å²) in [5, 5.41) is 11.0. The fourth-order valence-corrected chi connectivity index (χ4v) is 7.36. The Bertz CT molecular complexity index is 561. The van der Waals surface area contributed by atoms with Crippen LogP contribution in [0.2, 0.25) is 0 Å². The Kier molecular flexibility index (Phi) is 3.48. The molecule has 4 aliphatic rings. The summed E-state index contributed by atoms with van der Waals surface area (Å²) in [4.78, 5) is 11.9. The summed E-state index contributed by atoms with van der Waals surface area (Å²) in [6, 6.07) is 0. The van der Waals surface area contributed by atoms with Crippen LogP contribution < -0.4 is 0 Å². The molecule has 0 aromatic rings. The minimum atomic E-state index is -0.901. The molecule has 126 valence electrons. The third-order valence-corrected chi connectivity index (χ3v) is 8.51. The summed E-state index contributed by atoms with van der Waals surface area (Å²) in [7, 11) is 0. The Morgan fingerprint density at radius 3 is 2.74 bits per heavy atom. The van der Waals surface area contributed by atoms with Crippen LogP contribution in [0.4, 0.5) is 0 Å². The number of hydrogen-bond donors (Lipinski definition) is 1. The summed E-state index contributed by atoms with van der Waals surface area (Å²) >= 11 is 0. The molecule has 8 atom stereocenters. The standard InChI is InChI=1S/C21H30O2/c1-4-21(23)10-8-18-19-13(2)11-14-12-15(22)5-6-16(14)17(19)7-9-20(18,21)3/h1,13-14,16-19,23H,5-12H2,2-3H3/t13-,14?,16?,17?,18?,19?,20+,21+/m1/s1. The van der Waals surface area contributed by atoms with Crippen LogP contribution in [0.5, 0.6) is 0 Å². The lowest BCUT2D eigenvalue weighted by Crippen LogP contribution is -2.55. The van der Waals surface area contributed by atoms with Crippen molar-refractivity contribution in [2.24, 2.45) is 40.9 Å². The molecule has 0 aromatic carbocycles. The molecular weight excluding hydrogens is 284 g/mol. The van der Waals surface area contributed by atoms with Gasteiger partial charge >= 0.3 is 0 Å². The van der Waals surface area contributed by atoms with E-state index in [4.69, 9.17) is 6.42 Å². The Hall–Kier alpha value is -0.810. The minimum absolute atomic E-state index is 0.103.